The van der Waals surface area contributed by atoms with Gasteiger partial charge in [-0.3, -0.25) is 0 Å². The smallest absolute Gasteiger partial charge is 0.374 e. The van der Waals surface area contributed by atoms with Crippen molar-refractivity contribution in [1.82, 2.24) is 15.4 Å². The zero-order valence-electron chi connectivity index (χ0n) is 12.1. The zero-order chi connectivity index (χ0) is 14.1. The molecule has 108 valence electrons. The number of aromatic nitrogens is 3. The summed E-state index contributed by atoms with van der Waals surface area (Å²) in [5, 5.41) is 11.3. The van der Waals surface area contributed by atoms with E-state index in [0.29, 0.717) is 13.2 Å². The van der Waals surface area contributed by atoms with Gasteiger partial charge in [0, 0.05) is 19.3 Å². The summed E-state index contributed by atoms with van der Waals surface area (Å²) in [6.45, 7) is 9.11. The Morgan fingerprint density at radius 2 is 1.89 bits per heavy atom. The van der Waals surface area contributed by atoms with Crippen LogP contribution in [0.4, 0.5) is 0 Å². The van der Waals surface area contributed by atoms with Gasteiger partial charge in [0.25, 0.3) is 0 Å². The molecule has 0 saturated heterocycles. The molecule has 1 heterocycles. The quantitative estimate of drug-likeness (QED) is 0.649. The third-order valence-corrected chi connectivity index (χ3v) is 5.86. The second-order valence-corrected chi connectivity index (χ2v) is 6.78. The summed E-state index contributed by atoms with van der Waals surface area (Å²) in [5.74, 6) is 0. The number of rotatable bonds is 9. The van der Waals surface area contributed by atoms with Gasteiger partial charge in [-0.2, -0.15) is 0 Å². The van der Waals surface area contributed by atoms with Crippen molar-refractivity contribution in [3.05, 3.63) is 18.0 Å². The Hall–Kier alpha value is -0.893. The average molecular weight is 285 g/mol. The van der Waals surface area contributed by atoms with Crippen molar-refractivity contribution in [2.24, 2.45) is 0 Å². The molecule has 0 bridgehead atoms. The molecule has 1 rings (SSSR count). The lowest BCUT2D eigenvalue weighted by Crippen LogP contribution is -2.46. The Morgan fingerprint density at radius 3 is 2.37 bits per heavy atom. The highest BCUT2D eigenvalue weighted by molar-refractivity contribution is 6.60. The summed E-state index contributed by atoms with van der Waals surface area (Å²) in [4.78, 5) is 0. The molecule has 0 aliphatic carbocycles. The first-order valence-corrected chi connectivity index (χ1v) is 8.70. The molecule has 0 spiro atoms. The monoisotopic (exact) mass is 285 g/mol. The summed E-state index contributed by atoms with van der Waals surface area (Å²) in [7, 11) is -2.63. The third-order valence-electron chi connectivity index (χ3n) is 2.58. The van der Waals surface area contributed by atoms with Gasteiger partial charge in [-0.05, 0) is 32.1 Å². The summed E-state index contributed by atoms with van der Waals surface area (Å²) in [5.41, 5.74) is 0.738. The van der Waals surface area contributed by atoms with E-state index in [0.717, 1.165) is 18.2 Å². The van der Waals surface area contributed by atoms with Crippen molar-refractivity contribution in [3.8, 4) is 0 Å². The van der Waals surface area contributed by atoms with Crippen LogP contribution in [-0.2, 0) is 13.3 Å². The number of nitrogens with zero attached hydrogens (tertiary/aromatic N) is 3. The fourth-order valence-electron chi connectivity index (χ4n) is 1.86. The van der Waals surface area contributed by atoms with E-state index in [1.165, 1.54) is 0 Å². The first-order valence-electron chi connectivity index (χ1n) is 6.77. The van der Waals surface area contributed by atoms with E-state index in [4.69, 9.17) is 13.3 Å². The number of hydrogen-bond donors (Lipinski definition) is 0. The van der Waals surface area contributed by atoms with E-state index in [-0.39, 0.29) is 6.10 Å². The maximum absolute atomic E-state index is 6.11. The first kappa shape index (κ1) is 16.2. The van der Waals surface area contributed by atoms with E-state index in [1.807, 2.05) is 20.8 Å². The van der Waals surface area contributed by atoms with Gasteiger partial charge in [0.1, 0.15) is 0 Å². The Morgan fingerprint density at radius 1 is 1.21 bits per heavy atom. The summed E-state index contributed by atoms with van der Waals surface area (Å²) >= 11 is 0. The van der Waals surface area contributed by atoms with Crippen LogP contribution in [0.15, 0.2) is 12.3 Å². The lowest BCUT2D eigenvalue weighted by molar-refractivity contribution is 0.0359. The van der Waals surface area contributed by atoms with Crippen molar-refractivity contribution < 1.29 is 13.3 Å². The van der Waals surface area contributed by atoms with Crippen molar-refractivity contribution in [2.75, 3.05) is 13.2 Å². The molecule has 0 amide bonds. The highest BCUT2D eigenvalue weighted by atomic mass is 28.4. The van der Waals surface area contributed by atoms with Crippen LogP contribution in [0.25, 0.3) is 0 Å². The summed E-state index contributed by atoms with van der Waals surface area (Å²) in [6, 6.07) is 2.60. The van der Waals surface area contributed by atoms with Gasteiger partial charge in [-0.1, -0.05) is 13.3 Å². The zero-order valence-corrected chi connectivity index (χ0v) is 13.1. The van der Waals surface area contributed by atoms with Gasteiger partial charge >= 0.3 is 8.80 Å². The van der Waals surface area contributed by atoms with Crippen LogP contribution < -0.4 is 0 Å². The minimum absolute atomic E-state index is 0.216. The highest BCUT2D eigenvalue weighted by Gasteiger charge is 2.41. The fraction of sp³-hybridized carbons (Fsp3) is 0.750. The maximum atomic E-state index is 6.11. The second-order valence-electron chi connectivity index (χ2n) is 4.10. The van der Waals surface area contributed by atoms with E-state index in [9.17, 15) is 0 Å². The lowest BCUT2D eigenvalue weighted by atomic mass is 10.3. The molecular weight excluding hydrogens is 262 g/mol. The first-order chi connectivity index (χ1) is 9.17. The van der Waals surface area contributed by atoms with E-state index < -0.39 is 8.80 Å². The molecule has 19 heavy (non-hydrogen) atoms. The average Bonchev–Trinajstić information content (AvgIpc) is 2.40. The third kappa shape index (κ3) is 4.94. The predicted molar refractivity (Wildman–Crippen MR) is 73.4 cm³/mol. The molecule has 7 heteroatoms. The fourth-order valence-corrected chi connectivity index (χ4v) is 4.63. The van der Waals surface area contributed by atoms with Crippen molar-refractivity contribution >= 4 is 8.80 Å². The largest absolute Gasteiger partial charge is 0.501 e. The van der Waals surface area contributed by atoms with Gasteiger partial charge in [0.2, 0.25) is 0 Å². The van der Waals surface area contributed by atoms with Crippen LogP contribution in [0.2, 0.25) is 6.04 Å². The maximum Gasteiger partial charge on any atom is 0.501 e. The molecule has 1 atom stereocenters. The molecular formula is C12H23N3O3Si. The van der Waals surface area contributed by atoms with Gasteiger partial charge in [-0.25, -0.2) is 0 Å². The predicted octanol–water partition coefficient (Wildman–Crippen LogP) is 2.37. The SMILES string of the molecule is CCC[Si](OCC)(OCC)OC(C)c1ccnnn1. The molecule has 0 saturated carbocycles. The molecule has 6 nitrogen and oxygen atoms in total. The Bertz CT molecular complexity index is 336. The normalized spacial score (nSPS) is 13.5. The topological polar surface area (TPSA) is 66.4 Å². The van der Waals surface area contributed by atoms with Crippen LogP contribution in [-0.4, -0.2) is 37.4 Å². The molecule has 0 N–H and O–H groups in total. The van der Waals surface area contributed by atoms with Crippen LogP contribution in [0, 0.1) is 0 Å². The summed E-state index contributed by atoms with van der Waals surface area (Å²) in [6.07, 6.45) is 2.35. The van der Waals surface area contributed by atoms with Crippen LogP contribution in [0.1, 0.15) is 45.9 Å². The molecule has 1 aromatic rings. The molecule has 0 aliphatic rings. The minimum Gasteiger partial charge on any atom is -0.374 e. The van der Waals surface area contributed by atoms with Gasteiger partial charge < -0.3 is 13.3 Å². The van der Waals surface area contributed by atoms with Gasteiger partial charge in [0.15, 0.2) is 0 Å². The Labute approximate surface area is 115 Å². The molecule has 0 aromatic carbocycles. The van der Waals surface area contributed by atoms with Crippen LogP contribution >= 0.6 is 0 Å². The second kappa shape index (κ2) is 8.31. The van der Waals surface area contributed by atoms with Gasteiger partial charge in [-0.15, -0.1) is 10.2 Å². The van der Waals surface area contributed by atoms with Crippen LogP contribution in [0.5, 0.6) is 0 Å². The Balaban J connectivity index is 2.80. The molecule has 1 aromatic heterocycles. The Kier molecular flexibility index (Phi) is 7.07. The van der Waals surface area contributed by atoms with E-state index in [2.05, 4.69) is 22.3 Å². The standard InChI is InChI=1S/C12H23N3O3Si/c1-5-10-19(16-6-2,17-7-3)18-11(4)12-8-9-13-15-14-12/h8-9,11H,5-7,10H2,1-4H3. The van der Waals surface area contributed by atoms with Crippen LogP contribution in [0.3, 0.4) is 0 Å². The van der Waals surface area contributed by atoms with Crippen molar-refractivity contribution in [3.63, 3.8) is 0 Å². The van der Waals surface area contributed by atoms with Gasteiger partial charge in [0.05, 0.1) is 18.0 Å². The van der Waals surface area contributed by atoms with E-state index in [1.54, 1.807) is 12.3 Å². The minimum atomic E-state index is -2.63. The number of hydrogen-bond acceptors (Lipinski definition) is 6. The molecule has 0 radical (unpaired) electrons. The van der Waals surface area contributed by atoms with E-state index >= 15 is 0 Å². The molecule has 0 aliphatic heterocycles. The highest BCUT2D eigenvalue weighted by Crippen LogP contribution is 2.25. The molecule has 1 unspecified atom stereocenters. The summed E-state index contributed by atoms with van der Waals surface area (Å²) < 4.78 is 17.8. The van der Waals surface area contributed by atoms with Crippen molar-refractivity contribution in [1.29, 1.82) is 0 Å². The lowest BCUT2D eigenvalue weighted by Gasteiger charge is -2.31. The molecule has 0 fully saturated rings. The van der Waals surface area contributed by atoms with Crippen molar-refractivity contribution in [2.45, 2.75) is 46.3 Å².